The molecule has 9 heteroatoms. The van der Waals surface area contributed by atoms with Crippen LogP contribution in [-0.4, -0.2) is 53.6 Å². The molecule has 1 aliphatic carbocycles. The first-order valence-corrected chi connectivity index (χ1v) is 10.6. The predicted molar refractivity (Wildman–Crippen MR) is 109 cm³/mol. The second kappa shape index (κ2) is 9.53. The minimum absolute atomic E-state index is 0.157. The van der Waals surface area contributed by atoms with Crippen molar-refractivity contribution in [1.29, 1.82) is 0 Å². The van der Waals surface area contributed by atoms with Gasteiger partial charge in [-0.15, -0.1) is 0 Å². The summed E-state index contributed by atoms with van der Waals surface area (Å²) in [5.74, 6) is -6.83. The molecule has 7 nitrogen and oxygen atoms in total. The van der Waals surface area contributed by atoms with Gasteiger partial charge >= 0.3 is 5.92 Å². The van der Waals surface area contributed by atoms with Crippen molar-refractivity contribution in [2.45, 2.75) is 56.9 Å². The number of nitrogens with one attached hydrogen (secondary N) is 2. The summed E-state index contributed by atoms with van der Waals surface area (Å²) in [6, 6.07) is -0.697. The zero-order chi connectivity index (χ0) is 22.6. The Morgan fingerprint density at radius 2 is 1.94 bits per heavy atom. The standard InChI is InChI=1S/C22H27F2N3O4/c1-14(13-25-21(31)22(23,24)16-5-3-2-4-6-16)7-8-15-11-12-27(20(15)30)17-9-10-18(28)26-19(17)29/h7-8,11,16-17H,1-6,9-10,12-13H2,(H,25,31)(H,26,28,29)/b8-7-. The van der Waals surface area contributed by atoms with Crippen LogP contribution in [0, 0.1) is 5.92 Å². The fraction of sp³-hybridized carbons (Fsp3) is 0.545. The fourth-order valence-corrected chi connectivity index (χ4v) is 4.15. The number of halogens is 2. The van der Waals surface area contributed by atoms with Gasteiger partial charge in [0.15, 0.2) is 0 Å². The number of alkyl halides is 2. The molecule has 0 bridgehead atoms. The molecule has 4 amide bonds. The molecule has 1 atom stereocenters. The van der Waals surface area contributed by atoms with Gasteiger partial charge < -0.3 is 10.2 Å². The molecule has 2 fully saturated rings. The minimum Gasteiger partial charge on any atom is -0.347 e. The third kappa shape index (κ3) is 5.26. The van der Waals surface area contributed by atoms with Crippen LogP contribution in [0.25, 0.3) is 0 Å². The van der Waals surface area contributed by atoms with Crippen LogP contribution >= 0.6 is 0 Å². The lowest BCUT2D eigenvalue weighted by Gasteiger charge is -2.29. The Morgan fingerprint density at radius 1 is 1.23 bits per heavy atom. The third-order valence-electron chi connectivity index (χ3n) is 6.00. The van der Waals surface area contributed by atoms with Gasteiger partial charge in [0.2, 0.25) is 11.8 Å². The molecule has 2 heterocycles. The number of carbonyl (C=O) groups is 4. The normalized spacial score (nSPS) is 23.2. The van der Waals surface area contributed by atoms with E-state index in [9.17, 15) is 28.0 Å². The van der Waals surface area contributed by atoms with E-state index in [0.29, 0.717) is 36.8 Å². The van der Waals surface area contributed by atoms with E-state index >= 15 is 0 Å². The summed E-state index contributed by atoms with van der Waals surface area (Å²) < 4.78 is 28.7. The molecule has 0 radical (unpaired) electrons. The molecule has 168 valence electrons. The number of imide groups is 1. The van der Waals surface area contributed by atoms with E-state index in [2.05, 4.69) is 17.2 Å². The van der Waals surface area contributed by atoms with E-state index in [0.717, 1.165) is 6.42 Å². The zero-order valence-corrected chi connectivity index (χ0v) is 17.3. The predicted octanol–water partition coefficient (Wildman–Crippen LogP) is 2.00. The lowest BCUT2D eigenvalue weighted by Crippen LogP contribution is -2.53. The second-order valence-electron chi connectivity index (χ2n) is 8.22. The van der Waals surface area contributed by atoms with Crippen molar-refractivity contribution in [2.24, 2.45) is 5.92 Å². The highest BCUT2D eigenvalue weighted by Gasteiger charge is 2.46. The van der Waals surface area contributed by atoms with Crippen molar-refractivity contribution < 1.29 is 28.0 Å². The molecule has 1 saturated heterocycles. The molecule has 0 aromatic rings. The monoisotopic (exact) mass is 435 g/mol. The van der Waals surface area contributed by atoms with E-state index in [1.165, 1.54) is 17.1 Å². The molecule has 0 aromatic heterocycles. The minimum atomic E-state index is -3.41. The van der Waals surface area contributed by atoms with Crippen molar-refractivity contribution >= 4 is 23.6 Å². The maximum Gasteiger partial charge on any atom is 0.327 e. The number of amides is 4. The Kier molecular flexibility index (Phi) is 7.02. The third-order valence-corrected chi connectivity index (χ3v) is 6.00. The van der Waals surface area contributed by atoms with Crippen LogP contribution in [0.1, 0.15) is 44.9 Å². The molecular weight excluding hydrogens is 408 g/mol. The highest BCUT2D eigenvalue weighted by molar-refractivity contribution is 6.05. The Labute approximate surface area is 179 Å². The number of carbonyl (C=O) groups excluding carboxylic acids is 4. The van der Waals surface area contributed by atoms with Crippen LogP contribution in [0.5, 0.6) is 0 Å². The number of nitrogens with zero attached hydrogens (tertiary/aromatic N) is 1. The van der Waals surface area contributed by atoms with Gasteiger partial charge in [0, 0.05) is 31.0 Å². The Bertz CT molecular complexity index is 844. The topological polar surface area (TPSA) is 95.6 Å². The summed E-state index contributed by atoms with van der Waals surface area (Å²) in [5.41, 5.74) is 0.700. The van der Waals surface area contributed by atoms with Gasteiger partial charge in [0.25, 0.3) is 11.8 Å². The molecule has 2 N–H and O–H groups in total. The van der Waals surface area contributed by atoms with Crippen LogP contribution in [0.3, 0.4) is 0 Å². The molecule has 1 unspecified atom stereocenters. The zero-order valence-electron chi connectivity index (χ0n) is 17.3. The second-order valence-corrected chi connectivity index (χ2v) is 8.22. The first kappa shape index (κ1) is 22.8. The average molecular weight is 435 g/mol. The molecule has 1 saturated carbocycles. The summed E-state index contributed by atoms with van der Waals surface area (Å²) in [4.78, 5) is 49.2. The Balaban J connectivity index is 1.49. The summed E-state index contributed by atoms with van der Waals surface area (Å²) >= 11 is 0. The van der Waals surface area contributed by atoms with Crippen LogP contribution in [0.15, 0.2) is 36.0 Å². The molecule has 0 aromatic carbocycles. The average Bonchev–Trinajstić information content (AvgIpc) is 3.11. The van der Waals surface area contributed by atoms with Crippen molar-refractivity contribution in [3.63, 3.8) is 0 Å². The Hall–Kier alpha value is -2.84. The van der Waals surface area contributed by atoms with E-state index in [1.807, 2.05) is 0 Å². The summed E-state index contributed by atoms with van der Waals surface area (Å²) in [6.07, 6.45) is 8.10. The first-order chi connectivity index (χ1) is 14.7. The van der Waals surface area contributed by atoms with E-state index < -0.39 is 29.7 Å². The van der Waals surface area contributed by atoms with Gasteiger partial charge in [0.05, 0.1) is 0 Å². The van der Waals surface area contributed by atoms with Crippen LogP contribution in [-0.2, 0) is 19.2 Å². The van der Waals surface area contributed by atoms with E-state index in [4.69, 9.17) is 0 Å². The number of hydrogen-bond acceptors (Lipinski definition) is 4. The van der Waals surface area contributed by atoms with Gasteiger partial charge in [0.1, 0.15) is 6.04 Å². The van der Waals surface area contributed by atoms with E-state index in [-0.39, 0.29) is 37.7 Å². The number of hydrogen-bond donors (Lipinski definition) is 2. The molecule has 0 spiro atoms. The lowest BCUT2D eigenvalue weighted by molar-refractivity contribution is -0.155. The van der Waals surface area contributed by atoms with Gasteiger partial charge in [-0.25, -0.2) is 0 Å². The van der Waals surface area contributed by atoms with Crippen LogP contribution in [0.2, 0.25) is 0 Å². The highest BCUT2D eigenvalue weighted by Crippen LogP contribution is 2.36. The molecule has 31 heavy (non-hydrogen) atoms. The summed E-state index contributed by atoms with van der Waals surface area (Å²) in [6.45, 7) is 3.82. The Morgan fingerprint density at radius 3 is 2.61 bits per heavy atom. The lowest BCUT2D eigenvalue weighted by atomic mass is 9.84. The van der Waals surface area contributed by atoms with Crippen molar-refractivity contribution in [3.05, 3.63) is 36.0 Å². The van der Waals surface area contributed by atoms with Crippen molar-refractivity contribution in [1.82, 2.24) is 15.5 Å². The smallest absolute Gasteiger partial charge is 0.327 e. The SMILES string of the molecule is C=C(/C=C\C1=CCN(C2CCC(=O)NC2=O)C1=O)CNC(=O)C(F)(F)C1CCCCC1. The molecule has 3 aliphatic rings. The molecule has 2 aliphatic heterocycles. The van der Waals surface area contributed by atoms with Crippen LogP contribution in [0.4, 0.5) is 8.78 Å². The van der Waals surface area contributed by atoms with Crippen LogP contribution < -0.4 is 10.6 Å². The van der Waals surface area contributed by atoms with Gasteiger partial charge in [-0.3, -0.25) is 24.5 Å². The maximum absolute atomic E-state index is 14.3. The maximum atomic E-state index is 14.3. The number of rotatable bonds is 7. The quantitative estimate of drug-likeness (QED) is 0.472. The fourth-order valence-electron chi connectivity index (χ4n) is 4.15. The molecule has 3 rings (SSSR count). The summed E-state index contributed by atoms with van der Waals surface area (Å²) in [7, 11) is 0. The molecular formula is C22H27F2N3O4. The van der Waals surface area contributed by atoms with Crippen molar-refractivity contribution in [2.75, 3.05) is 13.1 Å². The number of piperidine rings is 1. The summed E-state index contributed by atoms with van der Waals surface area (Å²) in [5, 5.41) is 4.46. The first-order valence-electron chi connectivity index (χ1n) is 10.6. The van der Waals surface area contributed by atoms with Gasteiger partial charge in [-0.05, 0) is 30.9 Å². The van der Waals surface area contributed by atoms with Gasteiger partial charge in [-0.2, -0.15) is 8.78 Å². The van der Waals surface area contributed by atoms with Crippen molar-refractivity contribution in [3.8, 4) is 0 Å². The van der Waals surface area contributed by atoms with E-state index in [1.54, 1.807) is 6.08 Å². The largest absolute Gasteiger partial charge is 0.347 e. The highest BCUT2D eigenvalue weighted by atomic mass is 19.3. The van der Waals surface area contributed by atoms with Gasteiger partial charge in [-0.1, -0.05) is 38.0 Å².